The molecule has 0 bridgehead atoms. The summed E-state index contributed by atoms with van der Waals surface area (Å²) in [5.41, 5.74) is 1.19. The van der Waals surface area contributed by atoms with E-state index in [1.54, 1.807) is 0 Å². The summed E-state index contributed by atoms with van der Waals surface area (Å²) in [5.74, 6) is 5.91. The van der Waals surface area contributed by atoms with Gasteiger partial charge >= 0.3 is 0 Å². The molecule has 0 radical (unpaired) electrons. The highest BCUT2D eigenvalue weighted by molar-refractivity contribution is 5.89. The molecule has 4 saturated carbocycles. The molecule has 0 N–H and O–H groups in total. The molecule has 0 amide bonds. The molecule has 43 heavy (non-hydrogen) atoms. The normalized spacial score (nSPS) is 34.7. The Morgan fingerprint density at radius 1 is 0.698 bits per heavy atom. The van der Waals surface area contributed by atoms with Crippen molar-refractivity contribution in [2.45, 2.75) is 188 Å². The van der Waals surface area contributed by atoms with E-state index in [0.29, 0.717) is 22.5 Å². The zero-order valence-electron chi connectivity index (χ0n) is 29.4. The lowest BCUT2D eigenvalue weighted by atomic mass is 9.44. The van der Waals surface area contributed by atoms with Crippen LogP contribution >= 0.6 is 0 Å². The number of carbonyl (C=O) groups excluding carboxylic acids is 1. The van der Waals surface area contributed by atoms with Crippen LogP contribution in [0.15, 0.2) is 24.3 Å². The monoisotopic (exact) mass is 593 g/mol. The summed E-state index contributed by atoms with van der Waals surface area (Å²) in [6, 6.07) is 0. The largest absolute Gasteiger partial charge is 0.295 e. The molecule has 0 aromatic carbocycles. The Bertz CT molecular complexity index is 868. The van der Waals surface area contributed by atoms with Gasteiger partial charge in [0.25, 0.3) is 0 Å². The highest BCUT2D eigenvalue weighted by Crippen LogP contribution is 2.68. The van der Waals surface area contributed by atoms with Gasteiger partial charge in [-0.2, -0.15) is 0 Å². The van der Waals surface area contributed by atoms with Crippen molar-refractivity contribution in [1.82, 2.24) is 0 Å². The predicted molar refractivity (Wildman–Crippen MR) is 187 cm³/mol. The van der Waals surface area contributed by atoms with Crippen LogP contribution in [-0.4, -0.2) is 5.78 Å². The SMILES string of the molecule is CCCCCCCC/C=C\CCCCCCCC(=O)C=CC[C@@H](C)[C@H]1CC[C@H]2[C@@H]3CCC4CCCC[C@]4(C)[C@H]3CC[C@]12C. The zero-order chi connectivity index (χ0) is 30.5. The molecule has 1 unspecified atom stereocenters. The predicted octanol–water partition coefficient (Wildman–Crippen LogP) is 13.2. The summed E-state index contributed by atoms with van der Waals surface area (Å²) < 4.78 is 0. The Hall–Kier alpha value is -0.850. The van der Waals surface area contributed by atoms with E-state index in [0.717, 1.165) is 48.9 Å². The van der Waals surface area contributed by atoms with E-state index < -0.39 is 0 Å². The molecule has 0 spiro atoms. The van der Waals surface area contributed by atoms with E-state index in [2.05, 4.69) is 45.9 Å². The summed E-state index contributed by atoms with van der Waals surface area (Å²) in [7, 11) is 0. The molecule has 0 aromatic heterocycles. The van der Waals surface area contributed by atoms with Crippen molar-refractivity contribution >= 4 is 5.78 Å². The summed E-state index contributed by atoms with van der Waals surface area (Å²) in [6.45, 7) is 10.2. The third-order valence-electron chi connectivity index (χ3n) is 13.8. The first-order valence-corrected chi connectivity index (χ1v) is 19.7. The minimum absolute atomic E-state index is 0.360. The summed E-state index contributed by atoms with van der Waals surface area (Å²) in [4.78, 5) is 12.6. The number of rotatable bonds is 19. The minimum atomic E-state index is 0.360. The Labute approximate surface area is 268 Å². The van der Waals surface area contributed by atoms with Gasteiger partial charge in [-0.1, -0.05) is 110 Å². The van der Waals surface area contributed by atoms with Crippen LogP contribution in [0.4, 0.5) is 0 Å². The maximum Gasteiger partial charge on any atom is 0.155 e. The average molecular weight is 593 g/mol. The van der Waals surface area contributed by atoms with E-state index >= 15 is 0 Å². The first kappa shape index (κ1) is 35.0. The number of ketones is 1. The molecule has 0 aliphatic heterocycles. The van der Waals surface area contributed by atoms with Gasteiger partial charge in [-0.05, 0) is 142 Å². The van der Waals surface area contributed by atoms with Gasteiger partial charge in [-0.25, -0.2) is 0 Å². The minimum Gasteiger partial charge on any atom is -0.295 e. The molecule has 8 atom stereocenters. The zero-order valence-corrected chi connectivity index (χ0v) is 29.4. The molecular formula is C42H72O. The highest BCUT2D eigenvalue weighted by atomic mass is 16.1. The van der Waals surface area contributed by atoms with Crippen LogP contribution in [0.2, 0.25) is 0 Å². The van der Waals surface area contributed by atoms with Crippen molar-refractivity contribution in [2.24, 2.45) is 46.3 Å². The molecule has 4 fully saturated rings. The van der Waals surface area contributed by atoms with Gasteiger partial charge in [0.05, 0.1) is 0 Å². The van der Waals surface area contributed by atoms with Crippen LogP contribution in [-0.2, 0) is 4.79 Å². The van der Waals surface area contributed by atoms with E-state index in [-0.39, 0.29) is 0 Å². The fraction of sp³-hybridized carbons (Fsp3) is 0.881. The van der Waals surface area contributed by atoms with Gasteiger partial charge in [0.1, 0.15) is 0 Å². The van der Waals surface area contributed by atoms with E-state index in [9.17, 15) is 4.79 Å². The van der Waals surface area contributed by atoms with Crippen molar-refractivity contribution in [2.75, 3.05) is 0 Å². The first-order chi connectivity index (χ1) is 20.9. The van der Waals surface area contributed by atoms with Crippen LogP contribution in [0.5, 0.6) is 0 Å². The van der Waals surface area contributed by atoms with E-state index in [1.165, 1.54) is 141 Å². The number of fused-ring (bicyclic) bond motifs is 5. The molecule has 0 aromatic rings. The van der Waals surface area contributed by atoms with Crippen molar-refractivity contribution in [3.8, 4) is 0 Å². The summed E-state index contributed by atoms with van der Waals surface area (Å²) in [6.07, 6.45) is 42.8. The Morgan fingerprint density at radius 2 is 1.37 bits per heavy atom. The number of allylic oxidation sites excluding steroid dienone is 4. The fourth-order valence-corrected chi connectivity index (χ4v) is 11.3. The quantitative estimate of drug-likeness (QED) is 0.0828. The van der Waals surface area contributed by atoms with Gasteiger partial charge in [-0.3, -0.25) is 4.79 Å². The Morgan fingerprint density at radius 3 is 2.12 bits per heavy atom. The smallest absolute Gasteiger partial charge is 0.155 e. The van der Waals surface area contributed by atoms with Crippen LogP contribution in [0, 0.1) is 46.3 Å². The number of unbranched alkanes of at least 4 members (excludes halogenated alkanes) is 11. The molecule has 0 heterocycles. The van der Waals surface area contributed by atoms with Crippen molar-refractivity contribution in [3.05, 3.63) is 24.3 Å². The third-order valence-corrected chi connectivity index (χ3v) is 13.8. The molecule has 1 nitrogen and oxygen atoms in total. The second-order valence-electron chi connectivity index (χ2n) is 16.5. The van der Waals surface area contributed by atoms with E-state index in [1.807, 2.05) is 6.08 Å². The first-order valence-electron chi connectivity index (χ1n) is 19.7. The topological polar surface area (TPSA) is 17.1 Å². The lowest BCUT2D eigenvalue weighted by molar-refractivity contribution is -0.114. The molecular weight excluding hydrogens is 520 g/mol. The third kappa shape index (κ3) is 9.35. The van der Waals surface area contributed by atoms with Crippen LogP contribution in [0.25, 0.3) is 0 Å². The number of hydrogen-bond donors (Lipinski definition) is 0. The summed E-state index contributed by atoms with van der Waals surface area (Å²) >= 11 is 0. The lowest BCUT2D eigenvalue weighted by Crippen LogP contribution is -2.53. The molecule has 0 saturated heterocycles. The molecule has 4 aliphatic rings. The second kappa shape index (κ2) is 17.7. The Balaban J connectivity index is 1.07. The standard InChI is InChI=1S/C42H72O/c1-5-6-7-8-9-10-11-12-13-14-15-16-17-18-19-25-36(43)26-22-23-34(2)38-29-30-39-37-28-27-35-24-20-21-32-41(35,3)40(37)31-33-42(38,39)4/h12-13,22,26,34-35,37-40H,5-11,14-21,23-25,27-33H2,1-4H3/b13-12-,26-22?/t34-,35?,37+,38-,39+,40+,41+,42-/m1/s1. The molecule has 4 aliphatic carbocycles. The number of hydrogen-bond acceptors (Lipinski definition) is 1. The molecule has 246 valence electrons. The van der Waals surface area contributed by atoms with Crippen molar-refractivity contribution in [1.29, 1.82) is 0 Å². The summed E-state index contributed by atoms with van der Waals surface area (Å²) in [5, 5.41) is 0. The van der Waals surface area contributed by atoms with Gasteiger partial charge in [0.2, 0.25) is 0 Å². The maximum absolute atomic E-state index is 12.6. The maximum atomic E-state index is 12.6. The highest BCUT2D eigenvalue weighted by Gasteiger charge is 2.60. The molecule has 1 heteroatoms. The fourth-order valence-electron chi connectivity index (χ4n) is 11.3. The van der Waals surface area contributed by atoms with Gasteiger partial charge in [0, 0.05) is 6.42 Å². The van der Waals surface area contributed by atoms with Gasteiger partial charge in [0.15, 0.2) is 5.78 Å². The second-order valence-corrected chi connectivity index (χ2v) is 16.5. The van der Waals surface area contributed by atoms with Crippen LogP contribution in [0.3, 0.4) is 0 Å². The van der Waals surface area contributed by atoms with E-state index in [4.69, 9.17) is 0 Å². The van der Waals surface area contributed by atoms with Crippen LogP contribution in [0.1, 0.15) is 188 Å². The van der Waals surface area contributed by atoms with Gasteiger partial charge < -0.3 is 0 Å². The van der Waals surface area contributed by atoms with Crippen molar-refractivity contribution in [3.63, 3.8) is 0 Å². The van der Waals surface area contributed by atoms with Crippen LogP contribution < -0.4 is 0 Å². The van der Waals surface area contributed by atoms with Crippen molar-refractivity contribution < 1.29 is 4.79 Å². The average Bonchev–Trinajstić information content (AvgIpc) is 3.36. The Kier molecular flexibility index (Phi) is 14.4. The van der Waals surface area contributed by atoms with Gasteiger partial charge in [-0.15, -0.1) is 0 Å². The lowest BCUT2D eigenvalue weighted by Gasteiger charge is -2.61. The molecule has 4 rings (SSSR count). The number of carbonyl (C=O) groups is 1.